The third-order valence-corrected chi connectivity index (χ3v) is 3.52. The normalized spacial score (nSPS) is 18.0. The highest BCUT2D eigenvalue weighted by atomic mass is 16.3. The van der Waals surface area contributed by atoms with Crippen LogP contribution in [0.2, 0.25) is 0 Å². The predicted molar refractivity (Wildman–Crippen MR) is 73.7 cm³/mol. The molecule has 0 aromatic carbocycles. The van der Waals surface area contributed by atoms with Gasteiger partial charge < -0.3 is 4.42 Å². The van der Waals surface area contributed by atoms with Gasteiger partial charge in [0.2, 0.25) is 11.8 Å². The van der Waals surface area contributed by atoms with Crippen LogP contribution in [0.1, 0.15) is 48.6 Å². The third kappa shape index (κ3) is 3.13. The summed E-state index contributed by atoms with van der Waals surface area (Å²) >= 11 is 0. The van der Waals surface area contributed by atoms with Crippen LogP contribution in [0.5, 0.6) is 0 Å². The van der Waals surface area contributed by atoms with Crippen LogP contribution in [0, 0.1) is 12.3 Å². The molecule has 0 saturated carbocycles. The summed E-state index contributed by atoms with van der Waals surface area (Å²) in [6.45, 7) is 5.44. The number of amides is 3. The number of hydrazine groups is 1. The maximum Gasteiger partial charge on any atom is 0.268 e. The minimum absolute atomic E-state index is 0.0342. The standard InChI is InChI=1S/C14H19N3O4/c1-8-10(13(20)16-15)4-9(21-8)7-17-11(18)5-14(2,3)6-12(17)19/h4H,5-7,15H2,1-3H3,(H,16,20). The molecule has 7 nitrogen and oxygen atoms in total. The van der Waals surface area contributed by atoms with Gasteiger partial charge >= 0.3 is 0 Å². The molecule has 2 heterocycles. The van der Waals surface area contributed by atoms with Crippen molar-refractivity contribution in [3.8, 4) is 0 Å². The van der Waals surface area contributed by atoms with Gasteiger partial charge in [0.05, 0.1) is 12.1 Å². The number of likely N-dealkylation sites (tertiary alicyclic amines) is 1. The molecule has 3 amide bonds. The second kappa shape index (κ2) is 5.33. The lowest BCUT2D eigenvalue weighted by Crippen LogP contribution is -2.45. The van der Waals surface area contributed by atoms with Crippen LogP contribution in [0.15, 0.2) is 10.5 Å². The Balaban J connectivity index is 2.17. The van der Waals surface area contributed by atoms with Crippen LogP contribution in [-0.2, 0) is 16.1 Å². The summed E-state index contributed by atoms with van der Waals surface area (Å²) in [6, 6.07) is 1.50. The van der Waals surface area contributed by atoms with Gasteiger partial charge in [-0.2, -0.15) is 0 Å². The summed E-state index contributed by atoms with van der Waals surface area (Å²) in [7, 11) is 0. The van der Waals surface area contributed by atoms with Gasteiger partial charge in [0.25, 0.3) is 5.91 Å². The molecule has 1 aliphatic rings. The summed E-state index contributed by atoms with van der Waals surface area (Å²) in [5, 5.41) is 0. The van der Waals surface area contributed by atoms with Crippen LogP contribution < -0.4 is 11.3 Å². The number of carbonyl (C=O) groups excluding carboxylic acids is 3. The lowest BCUT2D eigenvalue weighted by Gasteiger charge is -2.34. The van der Waals surface area contributed by atoms with Gasteiger partial charge in [-0.1, -0.05) is 13.8 Å². The summed E-state index contributed by atoms with van der Waals surface area (Å²) in [5.74, 6) is 4.93. The highest BCUT2D eigenvalue weighted by Gasteiger charge is 2.37. The first-order chi connectivity index (χ1) is 9.73. The molecule has 7 heteroatoms. The lowest BCUT2D eigenvalue weighted by molar-refractivity contribution is -0.153. The van der Waals surface area contributed by atoms with Crippen molar-refractivity contribution in [1.29, 1.82) is 0 Å². The Kier molecular flexibility index (Phi) is 3.87. The van der Waals surface area contributed by atoms with E-state index in [9.17, 15) is 14.4 Å². The number of nitrogens with two attached hydrogens (primary N) is 1. The molecule has 21 heavy (non-hydrogen) atoms. The van der Waals surface area contributed by atoms with Crippen LogP contribution >= 0.6 is 0 Å². The zero-order valence-electron chi connectivity index (χ0n) is 12.4. The fraction of sp³-hybridized carbons (Fsp3) is 0.500. The summed E-state index contributed by atoms with van der Waals surface area (Å²) < 4.78 is 5.43. The molecule has 114 valence electrons. The third-order valence-electron chi connectivity index (χ3n) is 3.52. The van der Waals surface area contributed by atoms with E-state index in [0.29, 0.717) is 29.9 Å². The molecule has 1 aliphatic heterocycles. The zero-order chi connectivity index (χ0) is 15.8. The molecule has 0 spiro atoms. The van der Waals surface area contributed by atoms with Crippen molar-refractivity contribution in [3.63, 3.8) is 0 Å². The van der Waals surface area contributed by atoms with Gasteiger partial charge in [-0.05, 0) is 18.4 Å². The topological polar surface area (TPSA) is 106 Å². The molecule has 1 saturated heterocycles. The van der Waals surface area contributed by atoms with Crippen molar-refractivity contribution in [2.45, 2.75) is 40.2 Å². The quantitative estimate of drug-likeness (QED) is 0.372. The average Bonchev–Trinajstić information content (AvgIpc) is 2.73. The number of furan rings is 1. The molecule has 2 rings (SSSR count). The van der Waals surface area contributed by atoms with Gasteiger partial charge in [0.1, 0.15) is 11.5 Å². The van der Waals surface area contributed by atoms with Gasteiger partial charge in [0, 0.05) is 12.8 Å². The van der Waals surface area contributed by atoms with Gasteiger partial charge in [-0.3, -0.25) is 24.7 Å². The van der Waals surface area contributed by atoms with Gasteiger partial charge in [-0.25, -0.2) is 5.84 Å². The van der Waals surface area contributed by atoms with Gasteiger partial charge in [0.15, 0.2) is 0 Å². The summed E-state index contributed by atoms with van der Waals surface area (Å²) in [5.41, 5.74) is 2.01. The highest BCUT2D eigenvalue weighted by molar-refractivity contribution is 5.98. The maximum atomic E-state index is 12.1. The Hall–Kier alpha value is -2.15. The van der Waals surface area contributed by atoms with E-state index in [0.717, 1.165) is 0 Å². The molecule has 1 fully saturated rings. The molecular weight excluding hydrogens is 274 g/mol. The molecule has 0 bridgehead atoms. The van der Waals surface area contributed by atoms with E-state index >= 15 is 0 Å². The first-order valence-corrected chi connectivity index (χ1v) is 6.67. The number of hydrogen-bond donors (Lipinski definition) is 2. The van der Waals surface area contributed by atoms with Crippen molar-refractivity contribution >= 4 is 17.7 Å². The number of piperidine rings is 1. The molecule has 0 atom stereocenters. The molecule has 0 radical (unpaired) electrons. The second-order valence-corrected chi connectivity index (χ2v) is 6.05. The van der Waals surface area contributed by atoms with E-state index in [1.165, 1.54) is 11.0 Å². The van der Waals surface area contributed by atoms with Crippen molar-refractivity contribution in [2.75, 3.05) is 0 Å². The number of hydrogen-bond acceptors (Lipinski definition) is 5. The van der Waals surface area contributed by atoms with Crippen LogP contribution in [0.25, 0.3) is 0 Å². The predicted octanol–water partition coefficient (Wildman–Crippen LogP) is 0.867. The van der Waals surface area contributed by atoms with E-state index in [2.05, 4.69) is 0 Å². The maximum absolute atomic E-state index is 12.1. The number of nitrogen functional groups attached to an aromatic ring is 1. The van der Waals surface area contributed by atoms with Crippen molar-refractivity contribution < 1.29 is 18.8 Å². The van der Waals surface area contributed by atoms with E-state index in [-0.39, 0.29) is 23.8 Å². The summed E-state index contributed by atoms with van der Waals surface area (Å²) in [6.07, 6.45) is 0.628. The fourth-order valence-corrected chi connectivity index (χ4v) is 2.47. The molecule has 1 aromatic heterocycles. The van der Waals surface area contributed by atoms with E-state index in [4.69, 9.17) is 10.3 Å². The monoisotopic (exact) mass is 293 g/mol. The fourth-order valence-electron chi connectivity index (χ4n) is 2.47. The second-order valence-electron chi connectivity index (χ2n) is 6.05. The molecular formula is C14H19N3O4. The summed E-state index contributed by atoms with van der Waals surface area (Å²) in [4.78, 5) is 36.8. The van der Waals surface area contributed by atoms with Crippen LogP contribution in [0.3, 0.4) is 0 Å². The smallest absolute Gasteiger partial charge is 0.268 e. The number of nitrogens with one attached hydrogen (secondary N) is 1. The molecule has 1 aromatic rings. The van der Waals surface area contributed by atoms with E-state index in [1.807, 2.05) is 19.3 Å². The first-order valence-electron chi connectivity index (χ1n) is 6.67. The van der Waals surface area contributed by atoms with Crippen molar-refractivity contribution in [1.82, 2.24) is 10.3 Å². The minimum atomic E-state index is -0.472. The lowest BCUT2D eigenvalue weighted by atomic mass is 9.82. The Labute approximate surface area is 122 Å². The van der Waals surface area contributed by atoms with E-state index in [1.54, 1.807) is 6.92 Å². The van der Waals surface area contributed by atoms with Crippen LogP contribution in [0.4, 0.5) is 0 Å². The van der Waals surface area contributed by atoms with Gasteiger partial charge in [-0.15, -0.1) is 0 Å². The molecule has 0 unspecified atom stereocenters. The molecule has 0 aliphatic carbocycles. The number of carbonyl (C=O) groups is 3. The van der Waals surface area contributed by atoms with E-state index < -0.39 is 5.91 Å². The first kappa shape index (κ1) is 15.2. The Morgan fingerprint density at radius 2 is 1.95 bits per heavy atom. The minimum Gasteiger partial charge on any atom is -0.464 e. The number of imide groups is 1. The average molecular weight is 293 g/mol. The van der Waals surface area contributed by atoms with Crippen molar-refractivity contribution in [3.05, 3.63) is 23.2 Å². The SMILES string of the molecule is Cc1oc(CN2C(=O)CC(C)(C)CC2=O)cc1C(=O)NN. The zero-order valence-corrected chi connectivity index (χ0v) is 12.4. The van der Waals surface area contributed by atoms with Crippen molar-refractivity contribution in [2.24, 2.45) is 11.3 Å². The highest BCUT2D eigenvalue weighted by Crippen LogP contribution is 2.32. The molecule has 3 N–H and O–H groups in total. The van der Waals surface area contributed by atoms with Crippen LogP contribution in [-0.4, -0.2) is 22.6 Å². The number of rotatable bonds is 3. The number of aryl methyl sites for hydroxylation is 1. The number of nitrogens with zero attached hydrogens (tertiary/aromatic N) is 1. The Morgan fingerprint density at radius 1 is 1.38 bits per heavy atom. The Morgan fingerprint density at radius 3 is 2.48 bits per heavy atom. The largest absolute Gasteiger partial charge is 0.464 e. The Bertz CT molecular complexity index is 583.